The highest BCUT2D eigenvalue weighted by Gasteiger charge is 2.18. The number of hydrogen-bond acceptors (Lipinski definition) is 5. The van der Waals surface area contributed by atoms with Crippen LogP contribution in [0, 0.1) is 10.1 Å². The molecule has 0 aliphatic carbocycles. The molecule has 0 fully saturated rings. The molecule has 0 amide bonds. The van der Waals surface area contributed by atoms with Crippen molar-refractivity contribution in [2.45, 2.75) is 0 Å². The Morgan fingerprint density at radius 1 is 1.44 bits per heavy atom. The molecule has 0 spiro atoms. The molecule has 1 rings (SSSR count). The monoisotopic (exact) mass is 243 g/mol. The summed E-state index contributed by atoms with van der Waals surface area (Å²) in [6.45, 7) is -0.0812. The van der Waals surface area contributed by atoms with Crippen molar-refractivity contribution in [1.82, 2.24) is 5.09 Å². The number of nitro benzene ring substituents is 1. The predicted molar refractivity (Wildman–Crippen MR) is 55.4 cm³/mol. The van der Waals surface area contributed by atoms with Crippen molar-refractivity contribution in [3.05, 3.63) is 34.4 Å². The molecule has 16 heavy (non-hydrogen) atoms. The smallest absolute Gasteiger partial charge is 0.302 e. The van der Waals surface area contributed by atoms with Gasteiger partial charge >= 0.3 is 8.18 Å². The van der Waals surface area contributed by atoms with Gasteiger partial charge in [0.2, 0.25) is 0 Å². The second-order valence-corrected chi connectivity index (χ2v) is 3.64. The Kier molecular flexibility index (Phi) is 4.50. The number of carbonyl (C=O) groups excluding carboxylic acids is 1. The van der Waals surface area contributed by atoms with Gasteiger partial charge in [-0.15, -0.1) is 0 Å². The Labute approximate surface area is 91.5 Å². The van der Waals surface area contributed by atoms with Crippen LogP contribution >= 0.6 is 8.18 Å². The molecule has 0 aromatic heterocycles. The Morgan fingerprint density at radius 3 is 2.56 bits per heavy atom. The third-order valence-corrected chi connectivity index (χ3v) is 2.36. The van der Waals surface area contributed by atoms with Crippen LogP contribution in [0.15, 0.2) is 24.3 Å². The number of aldehydes is 1. The summed E-state index contributed by atoms with van der Waals surface area (Å²) in [7, 11) is -2.19. The summed E-state index contributed by atoms with van der Waals surface area (Å²) in [4.78, 5) is 19.7. The number of hydrogen-bond donors (Lipinski definition) is 1. The molecule has 8 heteroatoms. The topological polar surface area (TPSA) is 98.5 Å². The minimum absolute atomic E-state index is 0.0802. The second-order valence-electron chi connectivity index (χ2n) is 2.63. The van der Waals surface area contributed by atoms with E-state index in [1.807, 2.05) is 0 Å². The molecule has 7 nitrogen and oxygen atoms in total. The average molecular weight is 243 g/mol. The number of nitro groups is 1. The second kappa shape index (κ2) is 5.89. The van der Waals surface area contributed by atoms with Gasteiger partial charge in [0.1, 0.15) is 6.29 Å². The Balaban J connectivity index is 2.58. The van der Waals surface area contributed by atoms with Crippen LogP contribution in [0.5, 0.6) is 5.75 Å². The molecular weight excluding hydrogens is 235 g/mol. The van der Waals surface area contributed by atoms with E-state index in [9.17, 15) is 19.5 Å². The lowest BCUT2D eigenvalue weighted by Crippen LogP contribution is -2.08. The zero-order valence-electron chi connectivity index (χ0n) is 8.03. The van der Waals surface area contributed by atoms with Crippen LogP contribution in [-0.4, -0.2) is 17.8 Å². The van der Waals surface area contributed by atoms with E-state index in [1.54, 1.807) is 0 Å². The number of nitrogens with one attached hydrogen (secondary N) is 1. The molecule has 1 N–H and O–H groups in total. The van der Waals surface area contributed by atoms with Crippen molar-refractivity contribution < 1.29 is 18.8 Å². The first kappa shape index (κ1) is 12.2. The van der Waals surface area contributed by atoms with Gasteiger partial charge in [-0.1, -0.05) is 5.09 Å². The molecule has 0 bridgehead atoms. The SMILES string of the molecule is O=CCN[P+](=O)Oc1ccc([N+](=O)[O-])cc1. The highest BCUT2D eigenvalue weighted by Crippen LogP contribution is 2.24. The Bertz CT molecular complexity index is 405. The first-order chi connectivity index (χ1) is 7.63. The molecule has 0 saturated carbocycles. The normalized spacial score (nSPS) is 10.6. The molecule has 0 radical (unpaired) electrons. The number of carbonyl (C=O) groups is 1. The zero-order chi connectivity index (χ0) is 12.0. The van der Waals surface area contributed by atoms with Crippen LogP contribution in [0.2, 0.25) is 0 Å². The summed E-state index contributed by atoms with van der Waals surface area (Å²) < 4.78 is 16.0. The first-order valence-corrected chi connectivity index (χ1v) is 5.38. The minimum atomic E-state index is -2.19. The maximum absolute atomic E-state index is 11.1. The van der Waals surface area contributed by atoms with E-state index in [4.69, 9.17) is 4.52 Å². The van der Waals surface area contributed by atoms with Crippen LogP contribution in [0.1, 0.15) is 0 Å². The fourth-order valence-corrected chi connectivity index (χ4v) is 1.47. The van der Waals surface area contributed by atoms with E-state index in [2.05, 4.69) is 5.09 Å². The maximum Gasteiger partial charge on any atom is 0.664 e. The summed E-state index contributed by atoms with van der Waals surface area (Å²) in [5, 5.41) is 12.6. The largest absolute Gasteiger partial charge is 0.664 e. The zero-order valence-corrected chi connectivity index (χ0v) is 8.92. The van der Waals surface area contributed by atoms with Gasteiger partial charge in [-0.3, -0.25) is 10.1 Å². The van der Waals surface area contributed by atoms with Crippen LogP contribution in [0.25, 0.3) is 0 Å². The summed E-state index contributed by atoms with van der Waals surface area (Å²) >= 11 is 0. The Hall–Kier alpha value is -1.85. The van der Waals surface area contributed by atoms with E-state index in [0.717, 1.165) is 0 Å². The van der Waals surface area contributed by atoms with Crippen LogP contribution < -0.4 is 9.61 Å². The van der Waals surface area contributed by atoms with Crippen molar-refractivity contribution in [2.24, 2.45) is 0 Å². The number of nitrogens with zero attached hydrogens (tertiary/aromatic N) is 1. The lowest BCUT2D eigenvalue weighted by molar-refractivity contribution is -0.384. The van der Waals surface area contributed by atoms with Gasteiger partial charge in [0.15, 0.2) is 5.75 Å². The lowest BCUT2D eigenvalue weighted by atomic mass is 10.3. The quantitative estimate of drug-likeness (QED) is 0.351. The van der Waals surface area contributed by atoms with E-state index in [0.29, 0.717) is 6.29 Å². The van der Waals surface area contributed by atoms with Gasteiger partial charge in [-0.2, -0.15) is 0 Å². The third-order valence-electron chi connectivity index (χ3n) is 1.54. The van der Waals surface area contributed by atoms with Crippen molar-refractivity contribution in [3.63, 3.8) is 0 Å². The van der Waals surface area contributed by atoms with Crippen molar-refractivity contribution in [1.29, 1.82) is 0 Å². The predicted octanol–water partition coefficient (Wildman–Crippen LogP) is 1.42. The maximum atomic E-state index is 11.1. The van der Waals surface area contributed by atoms with E-state index >= 15 is 0 Å². The molecule has 84 valence electrons. The van der Waals surface area contributed by atoms with Crippen LogP contribution in [-0.2, 0) is 9.36 Å². The van der Waals surface area contributed by atoms with Crippen molar-refractivity contribution in [2.75, 3.05) is 6.54 Å². The third kappa shape index (κ3) is 3.72. The Morgan fingerprint density at radius 2 is 2.06 bits per heavy atom. The summed E-state index contributed by atoms with van der Waals surface area (Å²) in [6.07, 6.45) is 0.548. The number of rotatable bonds is 6. The summed E-state index contributed by atoms with van der Waals surface area (Å²) in [6, 6.07) is 5.12. The summed E-state index contributed by atoms with van der Waals surface area (Å²) in [5.41, 5.74) is -0.0802. The first-order valence-electron chi connectivity index (χ1n) is 4.20. The fourth-order valence-electron chi connectivity index (χ4n) is 0.869. The van der Waals surface area contributed by atoms with Gasteiger partial charge < -0.3 is 4.79 Å². The van der Waals surface area contributed by atoms with Gasteiger partial charge in [-0.25, -0.2) is 4.52 Å². The lowest BCUT2D eigenvalue weighted by Gasteiger charge is -1.93. The molecule has 0 aliphatic heterocycles. The van der Waals surface area contributed by atoms with E-state index < -0.39 is 13.1 Å². The molecule has 1 aromatic carbocycles. The van der Waals surface area contributed by atoms with E-state index in [-0.39, 0.29) is 18.0 Å². The molecule has 0 heterocycles. The molecule has 1 atom stereocenters. The molecule has 0 saturated heterocycles. The molecular formula is C8H8N2O5P+. The number of non-ortho nitro benzene ring substituents is 1. The minimum Gasteiger partial charge on any atom is -0.302 e. The van der Waals surface area contributed by atoms with Crippen molar-refractivity contribution in [3.8, 4) is 5.75 Å². The number of benzene rings is 1. The fraction of sp³-hybridized carbons (Fsp3) is 0.125. The van der Waals surface area contributed by atoms with Crippen molar-refractivity contribution >= 4 is 20.2 Å². The standard InChI is InChI=1S/C8H8N2O5P/c11-6-5-9-16(14)15-8-3-1-7(2-4-8)10(12)13/h1-4,6H,5H2,(H,9,14)/q+1. The van der Waals surface area contributed by atoms with Gasteiger partial charge in [0.25, 0.3) is 5.69 Å². The van der Waals surface area contributed by atoms with Crippen LogP contribution in [0.3, 0.4) is 0 Å². The molecule has 1 unspecified atom stereocenters. The highest BCUT2D eigenvalue weighted by atomic mass is 31.1. The average Bonchev–Trinajstić information content (AvgIpc) is 2.27. The molecule has 1 aromatic rings. The molecule has 0 aliphatic rings. The van der Waals surface area contributed by atoms with Crippen LogP contribution in [0.4, 0.5) is 5.69 Å². The van der Waals surface area contributed by atoms with Gasteiger partial charge in [-0.05, 0) is 12.1 Å². The van der Waals surface area contributed by atoms with Gasteiger partial charge in [0, 0.05) is 16.7 Å². The van der Waals surface area contributed by atoms with Gasteiger partial charge in [0.05, 0.1) is 11.5 Å². The van der Waals surface area contributed by atoms with E-state index in [1.165, 1.54) is 24.3 Å². The summed E-state index contributed by atoms with van der Waals surface area (Å²) in [5.74, 6) is 0.227. The highest BCUT2D eigenvalue weighted by molar-refractivity contribution is 7.37.